The van der Waals surface area contributed by atoms with Crippen molar-refractivity contribution in [3.63, 3.8) is 0 Å². The first-order chi connectivity index (χ1) is 15.8. The summed E-state index contributed by atoms with van der Waals surface area (Å²) in [4.78, 5) is 33.5. The van der Waals surface area contributed by atoms with E-state index in [9.17, 15) is 9.59 Å². The van der Waals surface area contributed by atoms with Crippen molar-refractivity contribution in [2.45, 2.75) is 59.0 Å². The Labute approximate surface area is 202 Å². The Hall–Kier alpha value is -2.18. The molecule has 0 N–H and O–H groups in total. The van der Waals surface area contributed by atoms with E-state index in [-0.39, 0.29) is 23.9 Å². The number of aryl methyl sites for hydroxylation is 1. The number of carbonyl (C=O) groups is 2. The van der Waals surface area contributed by atoms with E-state index < -0.39 is 0 Å². The highest BCUT2D eigenvalue weighted by Gasteiger charge is 2.32. The van der Waals surface area contributed by atoms with Crippen LogP contribution in [0.25, 0.3) is 0 Å². The summed E-state index contributed by atoms with van der Waals surface area (Å²) in [7, 11) is 0. The van der Waals surface area contributed by atoms with E-state index in [2.05, 4.69) is 68.3 Å². The first-order valence-corrected chi connectivity index (χ1v) is 13.2. The zero-order valence-electron chi connectivity index (χ0n) is 20.4. The molecule has 2 amide bonds. The van der Waals surface area contributed by atoms with Crippen molar-refractivity contribution < 1.29 is 9.59 Å². The summed E-state index contributed by atoms with van der Waals surface area (Å²) in [6.07, 6.45) is 2.16. The van der Waals surface area contributed by atoms with Gasteiger partial charge in [-0.3, -0.25) is 14.5 Å². The maximum Gasteiger partial charge on any atom is 0.223 e. The molecule has 2 aromatic rings. The maximum absolute atomic E-state index is 13.1. The smallest absolute Gasteiger partial charge is 0.223 e. The molecule has 4 rings (SSSR count). The molecule has 6 heteroatoms. The van der Waals surface area contributed by atoms with Crippen LogP contribution in [-0.2, 0) is 16.0 Å². The number of hydrogen-bond acceptors (Lipinski definition) is 4. The summed E-state index contributed by atoms with van der Waals surface area (Å²) in [5.41, 5.74) is 3.97. The minimum atomic E-state index is 0.0811. The Kier molecular flexibility index (Phi) is 7.55. The fourth-order valence-corrected chi connectivity index (χ4v) is 6.07. The van der Waals surface area contributed by atoms with Crippen LogP contribution in [0, 0.1) is 12.8 Å². The van der Waals surface area contributed by atoms with E-state index >= 15 is 0 Å². The van der Waals surface area contributed by atoms with Crippen molar-refractivity contribution in [3.8, 4) is 0 Å². The first-order valence-electron chi connectivity index (χ1n) is 12.3. The number of benzene rings is 1. The van der Waals surface area contributed by atoms with Gasteiger partial charge in [0.2, 0.25) is 11.8 Å². The predicted molar refractivity (Wildman–Crippen MR) is 134 cm³/mol. The van der Waals surface area contributed by atoms with Crippen LogP contribution in [0.1, 0.15) is 61.2 Å². The van der Waals surface area contributed by atoms with Gasteiger partial charge in [-0.15, -0.1) is 11.3 Å². The molecule has 0 saturated carbocycles. The van der Waals surface area contributed by atoms with Gasteiger partial charge in [-0.1, -0.05) is 43.7 Å². The van der Waals surface area contributed by atoms with Crippen LogP contribution in [0.5, 0.6) is 0 Å². The number of thiophene rings is 1. The van der Waals surface area contributed by atoms with E-state index in [1.807, 2.05) is 21.1 Å². The highest BCUT2D eigenvalue weighted by Crippen LogP contribution is 2.37. The molecular weight excluding hydrogens is 430 g/mol. The molecule has 0 spiro atoms. The molecule has 1 fully saturated rings. The molecule has 0 bridgehead atoms. The lowest BCUT2D eigenvalue weighted by molar-refractivity contribution is -0.143. The van der Waals surface area contributed by atoms with Gasteiger partial charge < -0.3 is 9.80 Å². The van der Waals surface area contributed by atoms with Crippen molar-refractivity contribution in [2.75, 3.05) is 32.7 Å². The average Bonchev–Trinajstić information content (AvgIpc) is 3.26. The van der Waals surface area contributed by atoms with Gasteiger partial charge in [0.1, 0.15) is 0 Å². The molecule has 0 aliphatic carbocycles. The lowest BCUT2D eigenvalue weighted by Crippen LogP contribution is -2.55. The van der Waals surface area contributed by atoms with Crippen LogP contribution < -0.4 is 0 Å². The quantitative estimate of drug-likeness (QED) is 0.628. The Morgan fingerprint density at radius 3 is 2.52 bits per heavy atom. The first kappa shape index (κ1) is 24.0. The maximum atomic E-state index is 13.1. The number of rotatable bonds is 6. The second-order valence-corrected chi connectivity index (χ2v) is 11.0. The standard InChI is InChI=1S/C27H37N3O2S/c1-19(2)17-26(32)30-15-14-29(18-21(30)4)25(31)10-13-28-12-9-24-23(11-16-33-24)27(28)22-7-5-20(3)6-8-22/h5-8,11,16,19,21,27H,9-10,12-15,17-18H2,1-4H3. The second-order valence-electron chi connectivity index (χ2n) is 10.0. The van der Waals surface area contributed by atoms with Crippen LogP contribution in [0.3, 0.4) is 0 Å². The Morgan fingerprint density at radius 2 is 1.82 bits per heavy atom. The molecule has 1 aromatic carbocycles. The fourth-order valence-electron chi connectivity index (χ4n) is 5.17. The van der Waals surface area contributed by atoms with E-state index in [4.69, 9.17) is 0 Å². The number of hydrogen-bond donors (Lipinski definition) is 0. The Morgan fingerprint density at radius 1 is 1.06 bits per heavy atom. The van der Waals surface area contributed by atoms with Gasteiger partial charge in [0, 0.05) is 56.5 Å². The van der Waals surface area contributed by atoms with Crippen molar-refractivity contribution >= 4 is 23.2 Å². The number of carbonyl (C=O) groups excluding carboxylic acids is 2. The minimum Gasteiger partial charge on any atom is -0.339 e. The largest absolute Gasteiger partial charge is 0.339 e. The van der Waals surface area contributed by atoms with E-state index in [0.717, 1.165) is 19.5 Å². The van der Waals surface area contributed by atoms with Crippen LogP contribution in [-0.4, -0.2) is 65.3 Å². The summed E-state index contributed by atoms with van der Waals surface area (Å²) in [6, 6.07) is 11.4. The third-order valence-electron chi connectivity index (χ3n) is 6.96. The zero-order chi connectivity index (χ0) is 23.5. The summed E-state index contributed by atoms with van der Waals surface area (Å²) >= 11 is 1.85. The van der Waals surface area contributed by atoms with E-state index in [1.165, 1.54) is 21.6 Å². The molecule has 2 unspecified atom stereocenters. The number of piperazine rings is 1. The summed E-state index contributed by atoms with van der Waals surface area (Å²) < 4.78 is 0. The van der Waals surface area contributed by atoms with Gasteiger partial charge in [0.25, 0.3) is 0 Å². The van der Waals surface area contributed by atoms with Gasteiger partial charge in [-0.2, -0.15) is 0 Å². The highest BCUT2D eigenvalue weighted by atomic mass is 32.1. The summed E-state index contributed by atoms with van der Waals surface area (Å²) in [5, 5.41) is 2.20. The fraction of sp³-hybridized carbons (Fsp3) is 0.556. The van der Waals surface area contributed by atoms with Gasteiger partial charge in [0.05, 0.1) is 6.04 Å². The normalized spacial score (nSPS) is 21.4. The van der Waals surface area contributed by atoms with E-state index in [1.54, 1.807) is 0 Å². The summed E-state index contributed by atoms with van der Waals surface area (Å²) in [6.45, 7) is 12.0. The lowest BCUT2D eigenvalue weighted by atomic mass is 9.92. The van der Waals surface area contributed by atoms with Gasteiger partial charge >= 0.3 is 0 Å². The molecular formula is C27H37N3O2S. The van der Waals surface area contributed by atoms with Gasteiger partial charge in [-0.25, -0.2) is 0 Å². The Balaban J connectivity index is 1.38. The van der Waals surface area contributed by atoms with Gasteiger partial charge in [0.15, 0.2) is 0 Å². The number of amides is 2. The molecule has 1 aromatic heterocycles. The third kappa shape index (κ3) is 5.49. The highest BCUT2D eigenvalue weighted by molar-refractivity contribution is 7.10. The molecule has 0 radical (unpaired) electrons. The van der Waals surface area contributed by atoms with Crippen LogP contribution in [0.15, 0.2) is 35.7 Å². The monoisotopic (exact) mass is 467 g/mol. The molecule has 5 nitrogen and oxygen atoms in total. The van der Waals surface area contributed by atoms with Crippen molar-refractivity contribution in [1.29, 1.82) is 0 Å². The summed E-state index contributed by atoms with van der Waals surface area (Å²) in [5.74, 6) is 0.779. The predicted octanol–water partition coefficient (Wildman–Crippen LogP) is 4.50. The van der Waals surface area contributed by atoms with Crippen molar-refractivity contribution in [3.05, 3.63) is 57.3 Å². The molecule has 33 heavy (non-hydrogen) atoms. The second kappa shape index (κ2) is 10.4. The van der Waals surface area contributed by atoms with Gasteiger partial charge in [-0.05, 0) is 48.8 Å². The van der Waals surface area contributed by atoms with Crippen LogP contribution in [0.4, 0.5) is 0 Å². The van der Waals surface area contributed by atoms with E-state index in [0.29, 0.717) is 38.4 Å². The molecule has 2 aliphatic rings. The minimum absolute atomic E-state index is 0.0811. The molecule has 2 aliphatic heterocycles. The van der Waals surface area contributed by atoms with Crippen LogP contribution in [0.2, 0.25) is 0 Å². The molecule has 1 saturated heterocycles. The third-order valence-corrected chi connectivity index (χ3v) is 7.95. The average molecular weight is 468 g/mol. The molecule has 2 atom stereocenters. The van der Waals surface area contributed by atoms with Crippen LogP contribution >= 0.6 is 11.3 Å². The number of fused-ring (bicyclic) bond motifs is 1. The SMILES string of the molecule is Cc1ccc(C2c3ccsc3CCN2CCC(=O)N2CCN(C(=O)CC(C)C)C(C)C2)cc1. The van der Waals surface area contributed by atoms with Crippen molar-refractivity contribution in [2.24, 2.45) is 5.92 Å². The topological polar surface area (TPSA) is 43.9 Å². The zero-order valence-corrected chi connectivity index (χ0v) is 21.2. The molecule has 3 heterocycles. The lowest BCUT2D eigenvalue weighted by Gasteiger charge is -2.41. The Bertz CT molecular complexity index is 968. The number of nitrogens with zero attached hydrogens (tertiary/aromatic N) is 3. The van der Waals surface area contributed by atoms with Crippen molar-refractivity contribution in [1.82, 2.24) is 14.7 Å². The molecule has 178 valence electrons.